The van der Waals surface area contributed by atoms with Crippen molar-refractivity contribution >= 4 is 6.09 Å². The summed E-state index contributed by atoms with van der Waals surface area (Å²) in [5.74, 6) is 0.348. The molecule has 1 aromatic carbocycles. The number of ether oxygens (including phenoxy) is 3. The van der Waals surface area contributed by atoms with E-state index in [4.69, 9.17) is 14.2 Å². The van der Waals surface area contributed by atoms with Crippen LogP contribution in [-0.2, 0) is 14.2 Å². The highest BCUT2D eigenvalue weighted by molar-refractivity contribution is 5.67. The van der Waals surface area contributed by atoms with E-state index in [-0.39, 0.29) is 18.6 Å². The van der Waals surface area contributed by atoms with Gasteiger partial charge in [-0.05, 0) is 37.7 Å². The topological polar surface area (TPSA) is 77.0 Å². The standard InChI is InChI=1S/C19H27NO5/c1-3-24-19(22)20-16-17(21)14-11-13(12-7-5-4-6-8-12)9-10-15(14)25-18(16)23-2/h4-8,13-18,21H,3,9-11H2,1-2H3,(H,20,22)/t13-,14-,15+,16-,17+,18+/m0/s1. The van der Waals surface area contributed by atoms with Crippen LogP contribution in [0.1, 0.15) is 37.7 Å². The molecule has 0 bridgehead atoms. The Hall–Kier alpha value is -1.63. The van der Waals surface area contributed by atoms with Gasteiger partial charge in [0, 0.05) is 13.0 Å². The summed E-state index contributed by atoms with van der Waals surface area (Å²) in [4.78, 5) is 11.8. The summed E-state index contributed by atoms with van der Waals surface area (Å²) in [6.07, 6.45) is 0.685. The Labute approximate surface area is 148 Å². The zero-order valence-electron chi connectivity index (χ0n) is 14.8. The molecule has 1 aromatic rings. The van der Waals surface area contributed by atoms with Gasteiger partial charge < -0.3 is 24.6 Å². The van der Waals surface area contributed by atoms with Crippen LogP contribution in [0.4, 0.5) is 4.79 Å². The molecule has 2 fully saturated rings. The van der Waals surface area contributed by atoms with Crippen LogP contribution in [0.2, 0.25) is 0 Å². The maximum atomic E-state index is 11.8. The van der Waals surface area contributed by atoms with Crippen LogP contribution in [0.25, 0.3) is 0 Å². The second-order valence-corrected chi connectivity index (χ2v) is 6.74. The Morgan fingerprint density at radius 2 is 2.08 bits per heavy atom. The Kier molecular flexibility index (Phi) is 5.93. The van der Waals surface area contributed by atoms with Crippen molar-refractivity contribution in [1.29, 1.82) is 0 Å². The van der Waals surface area contributed by atoms with Crippen LogP contribution < -0.4 is 5.32 Å². The van der Waals surface area contributed by atoms with E-state index in [0.29, 0.717) is 5.92 Å². The number of aliphatic hydroxyl groups is 1. The van der Waals surface area contributed by atoms with Crippen molar-refractivity contribution in [3.63, 3.8) is 0 Å². The number of rotatable bonds is 4. The van der Waals surface area contributed by atoms with Crippen LogP contribution >= 0.6 is 0 Å². The number of methoxy groups -OCH3 is 1. The van der Waals surface area contributed by atoms with Crippen molar-refractivity contribution in [2.45, 2.75) is 56.6 Å². The van der Waals surface area contributed by atoms with Gasteiger partial charge in [-0.1, -0.05) is 30.3 Å². The van der Waals surface area contributed by atoms with Crippen molar-refractivity contribution in [3.8, 4) is 0 Å². The average Bonchev–Trinajstić information content (AvgIpc) is 2.64. The third-order valence-electron chi connectivity index (χ3n) is 5.31. The molecule has 1 saturated carbocycles. The van der Waals surface area contributed by atoms with Gasteiger partial charge in [0.2, 0.25) is 0 Å². The van der Waals surface area contributed by atoms with Crippen LogP contribution in [-0.4, -0.2) is 49.5 Å². The van der Waals surface area contributed by atoms with Gasteiger partial charge in [-0.3, -0.25) is 0 Å². The number of nitrogens with one attached hydrogen (secondary N) is 1. The average molecular weight is 349 g/mol. The minimum absolute atomic E-state index is 0.0442. The normalized spacial score (nSPS) is 34.8. The van der Waals surface area contributed by atoms with Crippen molar-refractivity contribution in [2.75, 3.05) is 13.7 Å². The molecule has 6 heteroatoms. The summed E-state index contributed by atoms with van der Waals surface area (Å²) < 4.78 is 16.3. The van der Waals surface area contributed by atoms with E-state index >= 15 is 0 Å². The first-order valence-electron chi connectivity index (χ1n) is 8.98. The minimum Gasteiger partial charge on any atom is -0.450 e. The Bertz CT molecular complexity index is 566. The Balaban J connectivity index is 1.72. The first-order valence-corrected chi connectivity index (χ1v) is 8.98. The highest BCUT2D eigenvalue weighted by Gasteiger charge is 2.48. The number of amides is 1. The van der Waals surface area contributed by atoms with Crippen molar-refractivity contribution in [1.82, 2.24) is 5.32 Å². The largest absolute Gasteiger partial charge is 0.450 e. The number of carbonyl (C=O) groups is 1. The van der Waals surface area contributed by atoms with Crippen molar-refractivity contribution < 1.29 is 24.1 Å². The summed E-state index contributed by atoms with van der Waals surface area (Å²) >= 11 is 0. The van der Waals surface area contributed by atoms with E-state index < -0.39 is 24.5 Å². The fourth-order valence-corrected chi connectivity index (χ4v) is 4.08. The molecule has 0 spiro atoms. The lowest BCUT2D eigenvalue weighted by atomic mass is 9.71. The predicted octanol–water partition coefficient (Wildman–Crippen LogP) is 2.42. The van der Waals surface area contributed by atoms with Gasteiger partial charge in [-0.15, -0.1) is 0 Å². The van der Waals surface area contributed by atoms with Gasteiger partial charge in [0.05, 0.1) is 18.8 Å². The Morgan fingerprint density at radius 1 is 1.32 bits per heavy atom. The third kappa shape index (κ3) is 3.97. The van der Waals surface area contributed by atoms with Crippen LogP contribution in [0, 0.1) is 5.92 Å². The molecule has 1 aliphatic heterocycles. The smallest absolute Gasteiger partial charge is 0.407 e. The fourth-order valence-electron chi connectivity index (χ4n) is 4.08. The Morgan fingerprint density at radius 3 is 2.76 bits per heavy atom. The summed E-state index contributed by atoms with van der Waals surface area (Å²) in [5.41, 5.74) is 1.29. The molecule has 1 aliphatic carbocycles. The summed E-state index contributed by atoms with van der Waals surface area (Å²) in [6, 6.07) is 9.72. The molecule has 2 N–H and O–H groups in total. The number of hydrogen-bond donors (Lipinski definition) is 2. The molecule has 0 unspecified atom stereocenters. The maximum Gasteiger partial charge on any atom is 0.407 e. The molecule has 6 nitrogen and oxygen atoms in total. The fraction of sp³-hybridized carbons (Fsp3) is 0.632. The highest BCUT2D eigenvalue weighted by atomic mass is 16.7. The number of hydrogen-bond acceptors (Lipinski definition) is 5. The van der Waals surface area contributed by atoms with Crippen molar-refractivity contribution in [2.24, 2.45) is 5.92 Å². The van der Waals surface area contributed by atoms with E-state index in [1.165, 1.54) is 12.7 Å². The van der Waals surface area contributed by atoms with Gasteiger partial charge in [0.25, 0.3) is 0 Å². The second kappa shape index (κ2) is 8.17. The number of aliphatic hydroxyl groups excluding tert-OH is 1. The molecule has 2 aliphatic rings. The van der Waals surface area contributed by atoms with E-state index in [1.807, 2.05) is 18.2 Å². The summed E-state index contributed by atoms with van der Waals surface area (Å²) in [5, 5.41) is 13.6. The van der Waals surface area contributed by atoms with Gasteiger partial charge in [-0.25, -0.2) is 4.79 Å². The molecule has 1 saturated heterocycles. The first kappa shape index (κ1) is 18.2. The lowest BCUT2D eigenvalue weighted by Gasteiger charge is -2.48. The molecule has 1 heterocycles. The zero-order valence-corrected chi connectivity index (χ0v) is 14.8. The molecule has 25 heavy (non-hydrogen) atoms. The number of alkyl carbamates (subject to hydrolysis) is 1. The van der Waals surface area contributed by atoms with E-state index in [9.17, 15) is 9.90 Å². The molecule has 0 aromatic heterocycles. The van der Waals surface area contributed by atoms with Crippen molar-refractivity contribution in [3.05, 3.63) is 35.9 Å². The van der Waals surface area contributed by atoms with Gasteiger partial charge in [0.1, 0.15) is 6.04 Å². The van der Waals surface area contributed by atoms with E-state index in [2.05, 4.69) is 17.4 Å². The molecule has 138 valence electrons. The zero-order chi connectivity index (χ0) is 17.8. The molecule has 6 atom stereocenters. The van der Waals surface area contributed by atoms with E-state index in [1.54, 1.807) is 6.92 Å². The monoisotopic (exact) mass is 349 g/mol. The molecule has 3 rings (SSSR count). The van der Waals surface area contributed by atoms with Crippen LogP contribution in [0.5, 0.6) is 0 Å². The first-order chi connectivity index (χ1) is 12.1. The minimum atomic E-state index is -0.736. The van der Waals surface area contributed by atoms with E-state index in [0.717, 1.165) is 19.3 Å². The number of benzene rings is 1. The summed E-state index contributed by atoms with van der Waals surface area (Å²) in [7, 11) is 1.52. The lowest BCUT2D eigenvalue weighted by molar-refractivity contribution is -0.249. The molecule has 1 amide bonds. The lowest BCUT2D eigenvalue weighted by Crippen LogP contribution is -2.62. The second-order valence-electron chi connectivity index (χ2n) is 6.74. The summed E-state index contributed by atoms with van der Waals surface area (Å²) in [6.45, 7) is 2.01. The number of fused-ring (bicyclic) bond motifs is 1. The number of carbonyl (C=O) groups excluding carboxylic acids is 1. The highest BCUT2D eigenvalue weighted by Crippen LogP contribution is 2.43. The van der Waals surface area contributed by atoms with Gasteiger partial charge in [0.15, 0.2) is 6.29 Å². The quantitative estimate of drug-likeness (QED) is 0.873. The molecule has 0 radical (unpaired) electrons. The van der Waals surface area contributed by atoms with Crippen LogP contribution in [0.15, 0.2) is 30.3 Å². The SMILES string of the molecule is CCOC(=O)N[C@@H]1[C@H](OC)O[C@@H]2CC[C@H](c3ccccc3)C[C@@H]2[C@H]1O. The van der Waals surface area contributed by atoms with Gasteiger partial charge >= 0.3 is 6.09 Å². The molecular weight excluding hydrogens is 322 g/mol. The maximum absolute atomic E-state index is 11.8. The molecular formula is C19H27NO5. The third-order valence-corrected chi connectivity index (χ3v) is 5.31. The van der Waals surface area contributed by atoms with Gasteiger partial charge in [-0.2, -0.15) is 0 Å². The van der Waals surface area contributed by atoms with Crippen LogP contribution in [0.3, 0.4) is 0 Å². The predicted molar refractivity (Wildman–Crippen MR) is 92.1 cm³/mol.